The van der Waals surface area contributed by atoms with Gasteiger partial charge in [-0.2, -0.15) is 0 Å². The van der Waals surface area contributed by atoms with Crippen LogP contribution in [0, 0.1) is 6.92 Å². The van der Waals surface area contributed by atoms with Gasteiger partial charge in [-0.15, -0.1) is 0 Å². The number of hydrogen-bond acceptors (Lipinski definition) is 3. The molecule has 108 valence electrons. The molecule has 0 saturated carbocycles. The zero-order valence-corrected chi connectivity index (χ0v) is 11.9. The molecule has 1 aliphatic rings. The second kappa shape index (κ2) is 5.58. The third-order valence-electron chi connectivity index (χ3n) is 3.90. The standard InChI is InChI=1S/C17H18N2O2/c1-11-13(17(18)20)7-4-8-15(11)19-16-10-21-9-12-5-2-3-6-14(12)16/h2-8,16,19H,9-10H2,1H3,(H2,18,20). The van der Waals surface area contributed by atoms with Gasteiger partial charge in [-0.25, -0.2) is 0 Å². The van der Waals surface area contributed by atoms with Crippen LogP contribution >= 0.6 is 0 Å². The van der Waals surface area contributed by atoms with E-state index in [0.29, 0.717) is 18.8 Å². The number of carbonyl (C=O) groups excluding carboxylic acids is 1. The van der Waals surface area contributed by atoms with Gasteiger partial charge in [0.15, 0.2) is 0 Å². The van der Waals surface area contributed by atoms with Gasteiger partial charge >= 0.3 is 0 Å². The molecule has 1 atom stereocenters. The van der Waals surface area contributed by atoms with E-state index >= 15 is 0 Å². The van der Waals surface area contributed by atoms with Crippen molar-refractivity contribution in [1.29, 1.82) is 0 Å². The van der Waals surface area contributed by atoms with Crippen molar-refractivity contribution in [2.24, 2.45) is 5.73 Å². The summed E-state index contributed by atoms with van der Waals surface area (Å²) in [6.45, 7) is 3.16. The maximum Gasteiger partial charge on any atom is 0.249 e. The van der Waals surface area contributed by atoms with Gasteiger partial charge in [-0.1, -0.05) is 30.3 Å². The van der Waals surface area contributed by atoms with Crippen molar-refractivity contribution in [2.75, 3.05) is 11.9 Å². The van der Waals surface area contributed by atoms with E-state index in [9.17, 15) is 4.79 Å². The molecule has 0 bridgehead atoms. The maximum atomic E-state index is 11.4. The monoisotopic (exact) mass is 282 g/mol. The van der Waals surface area contributed by atoms with Crippen LogP contribution < -0.4 is 11.1 Å². The summed E-state index contributed by atoms with van der Waals surface area (Å²) in [6, 6.07) is 13.9. The number of ether oxygens (including phenoxy) is 1. The van der Waals surface area contributed by atoms with Crippen LogP contribution in [0.4, 0.5) is 5.69 Å². The summed E-state index contributed by atoms with van der Waals surface area (Å²) < 4.78 is 5.64. The average molecular weight is 282 g/mol. The van der Waals surface area contributed by atoms with Crippen LogP contribution in [0.1, 0.15) is 33.1 Å². The number of anilines is 1. The molecule has 4 heteroatoms. The van der Waals surface area contributed by atoms with Crippen molar-refractivity contribution in [3.63, 3.8) is 0 Å². The molecule has 0 aromatic heterocycles. The Hall–Kier alpha value is -2.33. The fourth-order valence-electron chi connectivity index (χ4n) is 2.75. The lowest BCUT2D eigenvalue weighted by Crippen LogP contribution is -2.24. The molecule has 1 unspecified atom stereocenters. The van der Waals surface area contributed by atoms with Gasteiger partial charge in [0.25, 0.3) is 0 Å². The molecule has 0 aliphatic carbocycles. The molecule has 1 heterocycles. The number of rotatable bonds is 3. The Balaban J connectivity index is 1.92. The Labute approximate surface area is 123 Å². The molecular weight excluding hydrogens is 264 g/mol. The van der Waals surface area contributed by atoms with E-state index < -0.39 is 5.91 Å². The highest BCUT2D eigenvalue weighted by atomic mass is 16.5. The molecular formula is C17H18N2O2. The van der Waals surface area contributed by atoms with Crippen molar-refractivity contribution >= 4 is 11.6 Å². The van der Waals surface area contributed by atoms with Gasteiger partial charge in [-0.3, -0.25) is 4.79 Å². The van der Waals surface area contributed by atoms with Crippen LogP contribution in [-0.2, 0) is 11.3 Å². The molecule has 2 aromatic carbocycles. The van der Waals surface area contributed by atoms with Gasteiger partial charge < -0.3 is 15.8 Å². The Kier molecular flexibility index (Phi) is 3.62. The molecule has 1 amide bonds. The molecule has 21 heavy (non-hydrogen) atoms. The van der Waals surface area contributed by atoms with Crippen molar-refractivity contribution < 1.29 is 9.53 Å². The van der Waals surface area contributed by atoms with E-state index in [1.165, 1.54) is 11.1 Å². The lowest BCUT2D eigenvalue weighted by Gasteiger charge is -2.28. The van der Waals surface area contributed by atoms with Crippen molar-refractivity contribution in [2.45, 2.75) is 19.6 Å². The average Bonchev–Trinajstić information content (AvgIpc) is 2.49. The molecule has 0 saturated heterocycles. The van der Waals surface area contributed by atoms with E-state index in [4.69, 9.17) is 10.5 Å². The molecule has 4 nitrogen and oxygen atoms in total. The minimum Gasteiger partial charge on any atom is -0.376 e. The second-order valence-electron chi connectivity index (χ2n) is 5.25. The lowest BCUT2D eigenvalue weighted by atomic mass is 9.98. The van der Waals surface area contributed by atoms with Crippen LogP contribution in [0.25, 0.3) is 0 Å². The topological polar surface area (TPSA) is 64.3 Å². The molecule has 2 aromatic rings. The van der Waals surface area contributed by atoms with Crippen LogP contribution in [0.15, 0.2) is 42.5 Å². The Bertz CT molecular complexity index is 682. The summed E-state index contributed by atoms with van der Waals surface area (Å²) in [6.07, 6.45) is 0. The van der Waals surface area contributed by atoms with Crippen LogP contribution in [0.2, 0.25) is 0 Å². The first-order valence-corrected chi connectivity index (χ1v) is 6.98. The SMILES string of the molecule is Cc1c(NC2COCc3ccccc32)cccc1C(N)=O. The summed E-state index contributed by atoms with van der Waals surface area (Å²) in [7, 11) is 0. The maximum absolute atomic E-state index is 11.4. The van der Waals surface area contributed by atoms with Gasteiger partial charge in [0.1, 0.15) is 0 Å². The third-order valence-corrected chi connectivity index (χ3v) is 3.90. The number of fused-ring (bicyclic) bond motifs is 1. The summed E-state index contributed by atoms with van der Waals surface area (Å²) >= 11 is 0. The summed E-state index contributed by atoms with van der Waals surface area (Å²) in [5, 5.41) is 3.47. The van der Waals surface area contributed by atoms with Gasteiger partial charge in [0.05, 0.1) is 19.3 Å². The fourth-order valence-corrected chi connectivity index (χ4v) is 2.75. The molecule has 1 aliphatic heterocycles. The summed E-state index contributed by atoms with van der Waals surface area (Å²) in [5.41, 5.74) is 10.2. The molecule has 0 radical (unpaired) electrons. The minimum atomic E-state index is -0.406. The predicted molar refractivity (Wildman–Crippen MR) is 82.2 cm³/mol. The number of nitrogens with one attached hydrogen (secondary N) is 1. The summed E-state index contributed by atoms with van der Waals surface area (Å²) in [5.74, 6) is -0.406. The highest BCUT2D eigenvalue weighted by Crippen LogP contribution is 2.29. The van der Waals surface area contributed by atoms with Crippen molar-refractivity contribution in [3.8, 4) is 0 Å². The van der Waals surface area contributed by atoms with Gasteiger partial charge in [0, 0.05) is 11.3 Å². The normalized spacial score (nSPS) is 17.1. The van der Waals surface area contributed by atoms with Crippen molar-refractivity contribution in [3.05, 3.63) is 64.7 Å². The first kappa shape index (κ1) is 13.6. The third kappa shape index (κ3) is 2.62. The second-order valence-corrected chi connectivity index (χ2v) is 5.25. The number of hydrogen-bond donors (Lipinski definition) is 2. The molecule has 0 spiro atoms. The van der Waals surface area contributed by atoms with Crippen molar-refractivity contribution in [1.82, 2.24) is 0 Å². The van der Waals surface area contributed by atoms with E-state index in [-0.39, 0.29) is 6.04 Å². The van der Waals surface area contributed by atoms with Crippen LogP contribution in [0.3, 0.4) is 0 Å². The zero-order valence-electron chi connectivity index (χ0n) is 11.9. The number of nitrogens with two attached hydrogens (primary N) is 1. The quantitative estimate of drug-likeness (QED) is 0.909. The van der Waals surface area contributed by atoms with E-state index in [1.54, 1.807) is 6.07 Å². The summed E-state index contributed by atoms with van der Waals surface area (Å²) in [4.78, 5) is 11.4. The van der Waals surface area contributed by atoms with Gasteiger partial charge in [-0.05, 0) is 35.7 Å². The first-order valence-electron chi connectivity index (χ1n) is 6.98. The highest BCUT2D eigenvalue weighted by Gasteiger charge is 2.21. The number of carbonyl (C=O) groups is 1. The first-order chi connectivity index (χ1) is 10.2. The van der Waals surface area contributed by atoms with E-state index in [0.717, 1.165) is 11.3 Å². The lowest BCUT2D eigenvalue weighted by molar-refractivity contribution is 0.0970. The van der Waals surface area contributed by atoms with Gasteiger partial charge in [0.2, 0.25) is 5.91 Å². The van der Waals surface area contributed by atoms with E-state index in [1.807, 2.05) is 31.2 Å². The largest absolute Gasteiger partial charge is 0.376 e. The predicted octanol–water partition coefficient (Wildman–Crippen LogP) is 2.78. The Morgan fingerprint density at radius 3 is 2.86 bits per heavy atom. The smallest absolute Gasteiger partial charge is 0.249 e. The molecule has 0 fully saturated rings. The zero-order chi connectivity index (χ0) is 14.8. The number of primary amides is 1. The Morgan fingerprint density at radius 2 is 2.05 bits per heavy atom. The van der Waals surface area contributed by atoms with Crippen LogP contribution in [-0.4, -0.2) is 12.5 Å². The number of amides is 1. The molecule has 3 N–H and O–H groups in total. The minimum absolute atomic E-state index is 0.0803. The molecule has 3 rings (SSSR count). The highest BCUT2D eigenvalue weighted by molar-refractivity contribution is 5.95. The van der Waals surface area contributed by atoms with E-state index in [2.05, 4.69) is 17.4 Å². The van der Waals surface area contributed by atoms with Crippen LogP contribution in [0.5, 0.6) is 0 Å². The number of benzene rings is 2. The fraction of sp³-hybridized carbons (Fsp3) is 0.235. The Morgan fingerprint density at radius 1 is 1.24 bits per heavy atom.